The average molecular weight is 313 g/mol. The Bertz CT molecular complexity index is 492. The van der Waals surface area contributed by atoms with E-state index in [1.54, 1.807) is 36.4 Å². The lowest BCUT2D eigenvalue weighted by Gasteiger charge is -2.13. The van der Waals surface area contributed by atoms with Crippen LogP contribution in [-0.4, -0.2) is 23.4 Å². The van der Waals surface area contributed by atoms with E-state index < -0.39 is 0 Å². The van der Waals surface area contributed by atoms with Gasteiger partial charge in [0.2, 0.25) is 0 Å². The van der Waals surface area contributed by atoms with Gasteiger partial charge in [0.05, 0.1) is 12.5 Å². The van der Waals surface area contributed by atoms with Crippen LogP contribution in [0.1, 0.15) is 11.7 Å². The van der Waals surface area contributed by atoms with Crippen molar-refractivity contribution in [1.29, 1.82) is 0 Å². The summed E-state index contributed by atoms with van der Waals surface area (Å²) in [7, 11) is 0. The molecule has 0 amide bonds. The van der Waals surface area contributed by atoms with Gasteiger partial charge in [-0.1, -0.05) is 0 Å². The third-order valence-electron chi connectivity index (χ3n) is 2.50. The van der Waals surface area contributed by atoms with Crippen molar-refractivity contribution in [3.05, 3.63) is 46.8 Å². The van der Waals surface area contributed by atoms with Gasteiger partial charge in [-0.15, -0.1) is 0 Å². The van der Waals surface area contributed by atoms with Crippen molar-refractivity contribution in [2.24, 2.45) is 0 Å². The highest BCUT2D eigenvalue weighted by molar-refractivity contribution is 9.10. The smallest absolute Gasteiger partial charge is 0.169 e. The number of phenols is 1. The Labute approximate surface area is 113 Å². The first-order valence-electron chi connectivity index (χ1n) is 5.47. The van der Waals surface area contributed by atoms with Crippen LogP contribution in [0.25, 0.3) is 0 Å². The number of furan rings is 1. The zero-order chi connectivity index (χ0) is 13.0. The number of halogens is 1. The molecule has 1 unspecified atom stereocenters. The second kappa shape index (κ2) is 5.93. The van der Waals surface area contributed by atoms with Crippen molar-refractivity contribution < 1.29 is 19.4 Å². The summed E-state index contributed by atoms with van der Waals surface area (Å²) in [5.74, 6) is 1.28. The minimum absolute atomic E-state index is 0.0575. The standard InChI is InChI=1S/C13H13BrO4/c14-13-6-5-12(18-13)9(7-15)8-17-11-3-1-10(16)2-4-11/h1-6,9,15-16H,7-8H2. The molecule has 2 rings (SSSR count). The molecular formula is C13H13BrO4. The predicted octanol–water partition coefficient (Wildman–Crippen LogP) is 2.90. The molecule has 0 fully saturated rings. The molecule has 0 aliphatic rings. The zero-order valence-corrected chi connectivity index (χ0v) is 11.1. The number of ether oxygens (including phenoxy) is 1. The molecule has 0 bridgehead atoms. The summed E-state index contributed by atoms with van der Waals surface area (Å²) in [6.45, 7) is 0.249. The maximum atomic E-state index is 9.32. The van der Waals surface area contributed by atoms with Gasteiger partial charge in [0.25, 0.3) is 0 Å². The molecule has 18 heavy (non-hydrogen) atoms. The fourth-order valence-corrected chi connectivity index (χ4v) is 1.83. The van der Waals surface area contributed by atoms with Crippen molar-refractivity contribution in [3.8, 4) is 11.5 Å². The highest BCUT2D eigenvalue weighted by Crippen LogP contribution is 2.23. The van der Waals surface area contributed by atoms with Crippen molar-refractivity contribution >= 4 is 15.9 Å². The molecule has 1 aromatic carbocycles. The van der Waals surface area contributed by atoms with Crippen molar-refractivity contribution in [2.75, 3.05) is 13.2 Å². The van der Waals surface area contributed by atoms with E-state index in [0.717, 1.165) is 0 Å². The van der Waals surface area contributed by atoms with Crippen LogP contribution in [0.5, 0.6) is 11.5 Å². The molecule has 0 spiro atoms. The molecule has 0 saturated carbocycles. The molecule has 2 aromatic rings. The second-order valence-corrected chi connectivity index (χ2v) is 4.61. The first kappa shape index (κ1) is 13.0. The number of phenolic OH excluding ortho intramolecular Hbond substituents is 1. The molecule has 0 saturated heterocycles. The maximum Gasteiger partial charge on any atom is 0.169 e. The number of hydrogen-bond donors (Lipinski definition) is 2. The number of hydrogen-bond acceptors (Lipinski definition) is 4. The number of benzene rings is 1. The Hall–Kier alpha value is -1.46. The Morgan fingerprint density at radius 2 is 1.89 bits per heavy atom. The van der Waals surface area contributed by atoms with Crippen molar-refractivity contribution in [3.63, 3.8) is 0 Å². The minimum Gasteiger partial charge on any atom is -0.508 e. The van der Waals surface area contributed by atoms with Gasteiger partial charge in [0.1, 0.15) is 23.9 Å². The predicted molar refractivity (Wildman–Crippen MR) is 69.8 cm³/mol. The van der Waals surface area contributed by atoms with Crippen molar-refractivity contribution in [2.45, 2.75) is 5.92 Å². The van der Waals surface area contributed by atoms with Crippen LogP contribution >= 0.6 is 15.9 Å². The van der Waals surface area contributed by atoms with Gasteiger partial charge in [-0.05, 0) is 52.3 Å². The van der Waals surface area contributed by atoms with E-state index in [2.05, 4.69) is 15.9 Å². The van der Waals surface area contributed by atoms with Gasteiger partial charge in [0, 0.05) is 0 Å². The van der Waals surface area contributed by atoms with Crippen LogP contribution in [0.15, 0.2) is 45.5 Å². The fourth-order valence-electron chi connectivity index (χ4n) is 1.51. The normalized spacial score (nSPS) is 12.3. The minimum atomic E-state index is -0.217. The molecule has 0 aliphatic heterocycles. The molecule has 1 atom stereocenters. The number of aliphatic hydroxyl groups is 1. The maximum absolute atomic E-state index is 9.32. The Balaban J connectivity index is 1.97. The monoisotopic (exact) mass is 312 g/mol. The SMILES string of the molecule is OCC(COc1ccc(O)cc1)c1ccc(Br)o1. The summed E-state index contributed by atoms with van der Waals surface area (Å²) in [5.41, 5.74) is 0. The van der Waals surface area contributed by atoms with Gasteiger partial charge in [0.15, 0.2) is 4.67 Å². The molecule has 4 nitrogen and oxygen atoms in total. The van der Waals surface area contributed by atoms with E-state index in [0.29, 0.717) is 22.8 Å². The summed E-state index contributed by atoms with van der Waals surface area (Å²) in [5, 5.41) is 18.5. The largest absolute Gasteiger partial charge is 0.508 e. The van der Waals surface area contributed by atoms with E-state index in [1.807, 2.05) is 0 Å². The second-order valence-electron chi connectivity index (χ2n) is 3.83. The average Bonchev–Trinajstić information content (AvgIpc) is 2.79. The van der Waals surface area contributed by atoms with Crippen LogP contribution in [0.3, 0.4) is 0 Å². The molecule has 96 valence electrons. The van der Waals surface area contributed by atoms with Gasteiger partial charge >= 0.3 is 0 Å². The Morgan fingerprint density at radius 3 is 2.44 bits per heavy atom. The summed E-state index contributed by atoms with van der Waals surface area (Å²) in [4.78, 5) is 0. The molecule has 2 N–H and O–H groups in total. The van der Waals surface area contributed by atoms with Gasteiger partial charge in [-0.2, -0.15) is 0 Å². The molecule has 0 radical (unpaired) electrons. The van der Waals surface area contributed by atoms with Crippen LogP contribution < -0.4 is 4.74 Å². The molecular weight excluding hydrogens is 300 g/mol. The first-order chi connectivity index (χ1) is 8.69. The summed E-state index contributed by atoms with van der Waals surface area (Å²) in [6.07, 6.45) is 0. The van der Waals surface area contributed by atoms with Crippen LogP contribution in [0.2, 0.25) is 0 Å². The van der Waals surface area contributed by atoms with Gasteiger partial charge < -0.3 is 19.4 Å². The van der Waals surface area contributed by atoms with Crippen LogP contribution in [0, 0.1) is 0 Å². The molecule has 1 aromatic heterocycles. The summed E-state index contributed by atoms with van der Waals surface area (Å²) < 4.78 is 11.5. The number of aliphatic hydroxyl groups excluding tert-OH is 1. The topological polar surface area (TPSA) is 62.8 Å². The summed E-state index contributed by atoms with van der Waals surface area (Å²) in [6, 6.07) is 10.0. The first-order valence-corrected chi connectivity index (χ1v) is 6.26. The van der Waals surface area contributed by atoms with Crippen molar-refractivity contribution in [1.82, 2.24) is 0 Å². The van der Waals surface area contributed by atoms with E-state index in [-0.39, 0.29) is 18.3 Å². The van der Waals surface area contributed by atoms with Crippen LogP contribution in [0.4, 0.5) is 0 Å². The van der Waals surface area contributed by atoms with E-state index >= 15 is 0 Å². The third-order valence-corrected chi connectivity index (χ3v) is 2.93. The lowest BCUT2D eigenvalue weighted by molar-refractivity contribution is 0.189. The molecule has 5 heteroatoms. The van der Waals surface area contributed by atoms with Gasteiger partial charge in [-0.25, -0.2) is 0 Å². The summed E-state index contributed by atoms with van der Waals surface area (Å²) >= 11 is 3.22. The van der Waals surface area contributed by atoms with Gasteiger partial charge in [-0.3, -0.25) is 0 Å². The lowest BCUT2D eigenvalue weighted by Crippen LogP contribution is -2.13. The third kappa shape index (κ3) is 3.27. The molecule has 0 aliphatic carbocycles. The lowest BCUT2D eigenvalue weighted by atomic mass is 10.1. The number of aromatic hydroxyl groups is 1. The fraction of sp³-hybridized carbons (Fsp3) is 0.231. The van der Waals surface area contributed by atoms with E-state index in [1.165, 1.54) is 0 Å². The highest BCUT2D eigenvalue weighted by Gasteiger charge is 2.15. The quantitative estimate of drug-likeness (QED) is 0.891. The van der Waals surface area contributed by atoms with Crippen LogP contribution in [-0.2, 0) is 0 Å². The highest BCUT2D eigenvalue weighted by atomic mass is 79.9. The zero-order valence-electron chi connectivity index (χ0n) is 9.54. The van der Waals surface area contributed by atoms with E-state index in [4.69, 9.17) is 14.3 Å². The Kier molecular flexibility index (Phi) is 4.28. The molecule has 1 heterocycles. The number of rotatable bonds is 5. The van der Waals surface area contributed by atoms with E-state index in [9.17, 15) is 5.11 Å². The Morgan fingerprint density at radius 1 is 1.17 bits per heavy atom.